The van der Waals surface area contributed by atoms with E-state index in [-0.39, 0.29) is 18.8 Å². The van der Waals surface area contributed by atoms with Crippen molar-refractivity contribution in [3.8, 4) is 5.75 Å². The SMILES string of the molecule is CCOC(=O)c1c(NC(=O)[C@@H](C)OC(=O)Cc2coc3cc(O)ccc23)sc2c1CCCC2. The number of nitrogens with one attached hydrogen (secondary N) is 1. The van der Waals surface area contributed by atoms with Gasteiger partial charge in [0.2, 0.25) is 0 Å². The van der Waals surface area contributed by atoms with Gasteiger partial charge in [-0.3, -0.25) is 9.59 Å². The number of hydrogen-bond donors (Lipinski definition) is 2. The Morgan fingerprint density at radius 2 is 2.03 bits per heavy atom. The van der Waals surface area contributed by atoms with Gasteiger partial charge < -0.3 is 24.3 Å². The third-order valence-corrected chi connectivity index (χ3v) is 6.75. The molecule has 2 heterocycles. The van der Waals surface area contributed by atoms with Gasteiger partial charge in [0.15, 0.2) is 6.10 Å². The maximum absolute atomic E-state index is 12.8. The van der Waals surface area contributed by atoms with Crippen LogP contribution in [0.25, 0.3) is 11.0 Å². The van der Waals surface area contributed by atoms with Crippen LogP contribution in [0.15, 0.2) is 28.9 Å². The highest BCUT2D eigenvalue weighted by atomic mass is 32.1. The van der Waals surface area contributed by atoms with Crippen molar-refractivity contribution < 1.29 is 33.4 Å². The normalized spacial score (nSPS) is 13.9. The lowest BCUT2D eigenvalue weighted by Crippen LogP contribution is -2.30. The van der Waals surface area contributed by atoms with Crippen molar-refractivity contribution in [3.05, 3.63) is 46.0 Å². The molecule has 0 unspecified atom stereocenters. The molecule has 2 aromatic heterocycles. The molecular formula is C24H25NO7S. The van der Waals surface area contributed by atoms with Gasteiger partial charge in [-0.05, 0) is 57.2 Å². The predicted octanol–water partition coefficient (Wildman–Crippen LogP) is 4.37. The molecule has 8 nitrogen and oxygen atoms in total. The second-order valence-corrected chi connectivity index (χ2v) is 8.98. The van der Waals surface area contributed by atoms with E-state index < -0.39 is 23.9 Å². The number of aryl methyl sites for hydroxylation is 1. The van der Waals surface area contributed by atoms with Gasteiger partial charge in [0, 0.05) is 21.9 Å². The lowest BCUT2D eigenvalue weighted by Gasteiger charge is -2.14. The standard InChI is InChI=1S/C24H25NO7S/c1-3-30-24(29)21-17-6-4-5-7-19(17)33-23(21)25-22(28)13(2)32-20(27)10-14-12-31-18-11-15(26)8-9-16(14)18/h8-9,11-13,26H,3-7,10H2,1-2H3,(H,25,28)/t13-/m1/s1. The number of hydrogen-bond acceptors (Lipinski definition) is 8. The number of thiophene rings is 1. The minimum atomic E-state index is -1.06. The Labute approximate surface area is 194 Å². The monoisotopic (exact) mass is 471 g/mol. The summed E-state index contributed by atoms with van der Waals surface area (Å²) in [6.07, 6.45) is 3.95. The molecule has 1 amide bonds. The number of benzene rings is 1. The molecule has 0 radical (unpaired) electrons. The minimum absolute atomic E-state index is 0.0636. The fraction of sp³-hybridized carbons (Fsp3) is 0.375. The number of carbonyl (C=O) groups is 3. The van der Waals surface area contributed by atoms with Crippen molar-refractivity contribution in [2.45, 2.75) is 52.1 Å². The van der Waals surface area contributed by atoms with E-state index in [1.54, 1.807) is 13.0 Å². The second kappa shape index (κ2) is 9.66. The Hall–Kier alpha value is -3.33. The van der Waals surface area contributed by atoms with Crippen LogP contribution in [-0.2, 0) is 38.3 Å². The number of ether oxygens (including phenoxy) is 2. The van der Waals surface area contributed by atoms with E-state index in [9.17, 15) is 19.5 Å². The Morgan fingerprint density at radius 1 is 1.24 bits per heavy atom. The second-order valence-electron chi connectivity index (χ2n) is 7.88. The summed E-state index contributed by atoms with van der Waals surface area (Å²) in [5, 5.41) is 13.4. The highest BCUT2D eigenvalue weighted by Gasteiger charge is 2.29. The van der Waals surface area contributed by atoms with Gasteiger partial charge in [0.1, 0.15) is 16.3 Å². The van der Waals surface area contributed by atoms with Crippen LogP contribution in [0.1, 0.15) is 53.1 Å². The molecule has 0 fully saturated rings. The fourth-order valence-electron chi connectivity index (χ4n) is 3.94. The number of carbonyl (C=O) groups excluding carboxylic acids is 3. The van der Waals surface area contributed by atoms with Gasteiger partial charge in [-0.15, -0.1) is 11.3 Å². The van der Waals surface area contributed by atoms with Crippen molar-refractivity contribution in [2.75, 3.05) is 11.9 Å². The summed E-state index contributed by atoms with van der Waals surface area (Å²) < 4.78 is 15.9. The Morgan fingerprint density at radius 3 is 2.82 bits per heavy atom. The number of phenolic OH excluding ortho intramolecular Hbond substituents is 1. The zero-order valence-electron chi connectivity index (χ0n) is 18.4. The van der Waals surface area contributed by atoms with E-state index in [0.717, 1.165) is 36.1 Å². The van der Waals surface area contributed by atoms with E-state index in [0.29, 0.717) is 27.1 Å². The number of esters is 2. The first-order chi connectivity index (χ1) is 15.9. The number of furan rings is 1. The maximum atomic E-state index is 12.8. The quantitative estimate of drug-likeness (QED) is 0.492. The summed E-state index contributed by atoms with van der Waals surface area (Å²) in [4.78, 5) is 38.9. The van der Waals surface area contributed by atoms with Crippen LogP contribution in [0, 0.1) is 0 Å². The average molecular weight is 472 g/mol. The molecule has 174 valence electrons. The molecule has 2 N–H and O–H groups in total. The van der Waals surface area contributed by atoms with Crippen molar-refractivity contribution in [1.82, 2.24) is 0 Å². The lowest BCUT2D eigenvalue weighted by molar-refractivity contribution is -0.152. The topological polar surface area (TPSA) is 115 Å². The summed E-state index contributed by atoms with van der Waals surface area (Å²) in [7, 11) is 0. The molecule has 1 aliphatic rings. The van der Waals surface area contributed by atoms with Crippen LogP contribution in [0.2, 0.25) is 0 Å². The van der Waals surface area contributed by atoms with Crippen LogP contribution in [0.3, 0.4) is 0 Å². The van der Waals surface area contributed by atoms with Crippen LogP contribution >= 0.6 is 11.3 Å². The van der Waals surface area contributed by atoms with E-state index in [4.69, 9.17) is 13.9 Å². The maximum Gasteiger partial charge on any atom is 0.341 e. The molecule has 1 aromatic carbocycles. The average Bonchev–Trinajstić information content (AvgIpc) is 3.34. The zero-order chi connectivity index (χ0) is 23.5. The number of fused-ring (bicyclic) bond motifs is 2. The predicted molar refractivity (Wildman–Crippen MR) is 123 cm³/mol. The molecule has 0 saturated heterocycles. The van der Waals surface area contributed by atoms with E-state index in [1.165, 1.54) is 36.7 Å². The lowest BCUT2D eigenvalue weighted by atomic mass is 9.95. The molecule has 0 spiro atoms. The molecule has 0 saturated carbocycles. The van der Waals surface area contributed by atoms with Gasteiger partial charge in [0.05, 0.1) is 24.9 Å². The van der Waals surface area contributed by atoms with Crippen molar-refractivity contribution in [1.29, 1.82) is 0 Å². The van der Waals surface area contributed by atoms with Gasteiger partial charge in [0.25, 0.3) is 5.91 Å². The third kappa shape index (κ3) is 4.88. The first-order valence-corrected chi connectivity index (χ1v) is 11.7. The number of amides is 1. The van der Waals surface area contributed by atoms with Crippen molar-refractivity contribution in [3.63, 3.8) is 0 Å². The van der Waals surface area contributed by atoms with Crippen LogP contribution < -0.4 is 5.32 Å². The van der Waals surface area contributed by atoms with Crippen LogP contribution in [0.5, 0.6) is 5.75 Å². The largest absolute Gasteiger partial charge is 0.508 e. The first kappa shape index (κ1) is 22.8. The molecule has 9 heteroatoms. The summed E-state index contributed by atoms with van der Waals surface area (Å²) >= 11 is 1.38. The van der Waals surface area contributed by atoms with E-state index in [1.807, 2.05) is 0 Å². The number of phenols is 1. The van der Waals surface area contributed by atoms with Gasteiger partial charge in [-0.2, -0.15) is 0 Å². The number of aromatic hydroxyl groups is 1. The number of rotatable bonds is 7. The molecular weight excluding hydrogens is 446 g/mol. The molecule has 0 aliphatic heterocycles. The molecule has 1 aliphatic carbocycles. The highest BCUT2D eigenvalue weighted by Crippen LogP contribution is 2.38. The van der Waals surface area contributed by atoms with Crippen molar-refractivity contribution >= 4 is 45.2 Å². The molecule has 1 atom stereocenters. The summed E-state index contributed by atoms with van der Waals surface area (Å²) in [6, 6.07) is 4.62. The van der Waals surface area contributed by atoms with Crippen molar-refractivity contribution in [2.24, 2.45) is 0 Å². The van der Waals surface area contributed by atoms with Gasteiger partial charge >= 0.3 is 11.9 Å². The molecule has 3 aromatic rings. The molecule has 0 bridgehead atoms. The summed E-state index contributed by atoms with van der Waals surface area (Å²) in [5.41, 5.74) is 2.41. The summed E-state index contributed by atoms with van der Waals surface area (Å²) in [6.45, 7) is 3.46. The Balaban J connectivity index is 1.43. The third-order valence-electron chi connectivity index (χ3n) is 5.54. The zero-order valence-corrected chi connectivity index (χ0v) is 19.3. The van der Waals surface area contributed by atoms with Gasteiger partial charge in [-0.1, -0.05) is 0 Å². The molecule has 33 heavy (non-hydrogen) atoms. The minimum Gasteiger partial charge on any atom is -0.508 e. The highest BCUT2D eigenvalue weighted by molar-refractivity contribution is 7.17. The smallest absolute Gasteiger partial charge is 0.341 e. The first-order valence-electron chi connectivity index (χ1n) is 10.9. The Kier molecular flexibility index (Phi) is 6.69. The van der Waals surface area contributed by atoms with Crippen LogP contribution in [0.4, 0.5) is 5.00 Å². The van der Waals surface area contributed by atoms with E-state index in [2.05, 4.69) is 5.32 Å². The van der Waals surface area contributed by atoms with E-state index >= 15 is 0 Å². The Bertz CT molecular complexity index is 1210. The van der Waals surface area contributed by atoms with Crippen LogP contribution in [-0.4, -0.2) is 35.7 Å². The van der Waals surface area contributed by atoms with Gasteiger partial charge in [-0.25, -0.2) is 4.79 Å². The molecule has 4 rings (SSSR count). The number of anilines is 1. The fourth-order valence-corrected chi connectivity index (χ4v) is 5.22. The summed E-state index contributed by atoms with van der Waals surface area (Å²) in [5.74, 6) is -1.50.